The van der Waals surface area contributed by atoms with E-state index in [0.717, 1.165) is 0 Å². The highest BCUT2D eigenvalue weighted by Crippen LogP contribution is 2.32. The highest BCUT2D eigenvalue weighted by molar-refractivity contribution is 7.97. The second-order valence-corrected chi connectivity index (χ2v) is 8.73. The molecule has 24 heavy (non-hydrogen) atoms. The summed E-state index contributed by atoms with van der Waals surface area (Å²) in [7, 11) is -0.0497. The van der Waals surface area contributed by atoms with Crippen molar-refractivity contribution in [3.63, 3.8) is 0 Å². The predicted octanol–water partition coefficient (Wildman–Crippen LogP) is 3.08. The summed E-state index contributed by atoms with van der Waals surface area (Å²) in [4.78, 5) is 4.10. The van der Waals surface area contributed by atoms with E-state index in [-0.39, 0.29) is 40.3 Å². The SMILES string of the molecule is CC(C)(C)c1ccc([S+](c2ccccc2)c2ccccc2)cc1.[I-]. The van der Waals surface area contributed by atoms with E-state index in [1.807, 2.05) is 0 Å². The number of hydrogen-bond acceptors (Lipinski definition) is 0. The second-order valence-electron chi connectivity index (χ2n) is 6.71. The van der Waals surface area contributed by atoms with E-state index in [1.165, 1.54) is 20.2 Å². The second kappa shape index (κ2) is 8.21. The maximum atomic E-state index is 2.30. The summed E-state index contributed by atoms with van der Waals surface area (Å²) < 4.78 is 0. The summed E-state index contributed by atoms with van der Waals surface area (Å²) in [5, 5.41) is 0. The Hall–Kier alpha value is -1.26. The smallest absolute Gasteiger partial charge is 0.166 e. The zero-order chi connectivity index (χ0) is 16.3. The van der Waals surface area contributed by atoms with Crippen LogP contribution in [-0.4, -0.2) is 0 Å². The lowest BCUT2D eigenvalue weighted by Gasteiger charge is -2.19. The third-order valence-corrected chi connectivity index (χ3v) is 6.14. The molecule has 0 heterocycles. The first kappa shape index (κ1) is 19.1. The molecule has 3 aromatic rings. The van der Waals surface area contributed by atoms with Crippen LogP contribution in [0.15, 0.2) is 99.6 Å². The van der Waals surface area contributed by atoms with E-state index in [9.17, 15) is 0 Å². The lowest BCUT2D eigenvalue weighted by Crippen LogP contribution is -3.00. The van der Waals surface area contributed by atoms with E-state index in [1.54, 1.807) is 0 Å². The van der Waals surface area contributed by atoms with Gasteiger partial charge in [-0.05, 0) is 47.4 Å². The number of halogens is 1. The van der Waals surface area contributed by atoms with Crippen LogP contribution >= 0.6 is 0 Å². The van der Waals surface area contributed by atoms with Gasteiger partial charge in [0.1, 0.15) is 0 Å². The van der Waals surface area contributed by atoms with E-state index < -0.39 is 0 Å². The van der Waals surface area contributed by atoms with Crippen molar-refractivity contribution in [2.24, 2.45) is 0 Å². The molecule has 3 aromatic carbocycles. The van der Waals surface area contributed by atoms with Gasteiger partial charge in [0.25, 0.3) is 0 Å². The van der Waals surface area contributed by atoms with Crippen LogP contribution < -0.4 is 24.0 Å². The molecule has 0 aromatic heterocycles. The quantitative estimate of drug-likeness (QED) is 0.429. The standard InChI is InChI=1S/C22H23S.HI/c1-22(2,3)18-14-16-21(17-15-18)23(19-10-6-4-7-11-19)20-12-8-5-9-13-20;/h4-17H,1-3H3;1H/q+1;/p-1. The summed E-state index contributed by atoms with van der Waals surface area (Å²) in [6.45, 7) is 6.78. The van der Waals surface area contributed by atoms with Crippen LogP contribution in [0.5, 0.6) is 0 Å². The Morgan fingerprint density at radius 1 is 0.542 bits per heavy atom. The van der Waals surface area contributed by atoms with Crippen molar-refractivity contribution in [1.82, 2.24) is 0 Å². The molecule has 0 aliphatic carbocycles. The van der Waals surface area contributed by atoms with Crippen molar-refractivity contribution >= 4 is 10.9 Å². The monoisotopic (exact) mass is 446 g/mol. The minimum atomic E-state index is -0.0497. The van der Waals surface area contributed by atoms with Crippen molar-refractivity contribution in [3.05, 3.63) is 90.5 Å². The highest BCUT2D eigenvalue weighted by atomic mass is 127. The van der Waals surface area contributed by atoms with E-state index >= 15 is 0 Å². The maximum absolute atomic E-state index is 2.30. The molecule has 0 saturated heterocycles. The largest absolute Gasteiger partial charge is 1.00 e. The van der Waals surface area contributed by atoms with Crippen LogP contribution in [0.4, 0.5) is 0 Å². The Morgan fingerprint density at radius 2 is 0.917 bits per heavy atom. The van der Waals surface area contributed by atoms with Gasteiger partial charge in [-0.3, -0.25) is 0 Å². The maximum Gasteiger partial charge on any atom is 0.166 e. The van der Waals surface area contributed by atoms with Gasteiger partial charge in [-0.1, -0.05) is 69.3 Å². The summed E-state index contributed by atoms with van der Waals surface area (Å²) >= 11 is 0. The molecule has 0 N–H and O–H groups in total. The zero-order valence-corrected chi connectivity index (χ0v) is 17.3. The van der Waals surface area contributed by atoms with Crippen molar-refractivity contribution < 1.29 is 24.0 Å². The minimum absolute atomic E-state index is 0. The molecule has 0 aliphatic heterocycles. The van der Waals surface area contributed by atoms with Crippen molar-refractivity contribution in [3.8, 4) is 0 Å². The van der Waals surface area contributed by atoms with Gasteiger partial charge in [0, 0.05) is 0 Å². The molecule has 3 rings (SSSR count). The molecular weight excluding hydrogens is 423 g/mol. The minimum Gasteiger partial charge on any atom is -1.00 e. The van der Waals surface area contributed by atoms with Crippen LogP contribution in [0.25, 0.3) is 0 Å². The van der Waals surface area contributed by atoms with Crippen LogP contribution in [0.3, 0.4) is 0 Å². The normalized spacial score (nSPS) is 11.2. The first-order valence-electron chi connectivity index (χ1n) is 8.01. The fourth-order valence-electron chi connectivity index (χ4n) is 2.61. The van der Waals surface area contributed by atoms with Gasteiger partial charge in [-0.25, -0.2) is 0 Å². The van der Waals surface area contributed by atoms with Crippen molar-refractivity contribution in [1.29, 1.82) is 0 Å². The molecule has 0 bridgehead atoms. The van der Waals surface area contributed by atoms with Crippen molar-refractivity contribution in [2.75, 3.05) is 0 Å². The lowest BCUT2D eigenvalue weighted by molar-refractivity contribution is -0.00000504. The molecule has 0 atom stereocenters. The van der Waals surface area contributed by atoms with E-state index in [2.05, 4.69) is 106 Å². The summed E-state index contributed by atoms with van der Waals surface area (Å²) in [5.41, 5.74) is 1.57. The fourth-order valence-corrected chi connectivity index (χ4v) is 4.70. The predicted molar refractivity (Wildman–Crippen MR) is 100 cm³/mol. The Bertz CT molecular complexity index is 704. The average Bonchev–Trinajstić information content (AvgIpc) is 2.57. The van der Waals surface area contributed by atoms with Crippen LogP contribution in [0, 0.1) is 0 Å². The van der Waals surface area contributed by atoms with Gasteiger partial charge in [0.15, 0.2) is 14.7 Å². The van der Waals surface area contributed by atoms with Gasteiger partial charge in [0.05, 0.1) is 10.9 Å². The molecule has 0 nitrogen and oxygen atoms in total. The molecule has 124 valence electrons. The van der Waals surface area contributed by atoms with Gasteiger partial charge in [0.2, 0.25) is 0 Å². The Labute approximate surface area is 165 Å². The Morgan fingerprint density at radius 3 is 1.29 bits per heavy atom. The fraction of sp³-hybridized carbons (Fsp3) is 0.182. The zero-order valence-electron chi connectivity index (χ0n) is 14.4. The molecule has 0 fully saturated rings. The summed E-state index contributed by atoms with van der Waals surface area (Å²) in [6.07, 6.45) is 0. The topological polar surface area (TPSA) is 0 Å². The van der Waals surface area contributed by atoms with E-state index in [4.69, 9.17) is 0 Å². The van der Waals surface area contributed by atoms with Crippen LogP contribution in [0.2, 0.25) is 0 Å². The summed E-state index contributed by atoms with van der Waals surface area (Å²) in [6, 6.07) is 30.7. The first-order chi connectivity index (χ1) is 11.1. The van der Waals surface area contributed by atoms with E-state index in [0.29, 0.717) is 0 Å². The number of benzene rings is 3. The van der Waals surface area contributed by atoms with Gasteiger partial charge < -0.3 is 24.0 Å². The van der Waals surface area contributed by atoms with Gasteiger partial charge in [-0.15, -0.1) is 0 Å². The number of hydrogen-bond donors (Lipinski definition) is 0. The number of rotatable bonds is 3. The third kappa shape index (κ3) is 4.42. The van der Waals surface area contributed by atoms with Gasteiger partial charge in [-0.2, -0.15) is 0 Å². The van der Waals surface area contributed by atoms with Crippen LogP contribution in [0.1, 0.15) is 26.3 Å². The Kier molecular flexibility index (Phi) is 6.53. The summed E-state index contributed by atoms with van der Waals surface area (Å²) in [5.74, 6) is 0. The molecule has 0 saturated carbocycles. The molecule has 2 heteroatoms. The average molecular weight is 446 g/mol. The molecule has 0 amide bonds. The molecular formula is C22H23IS. The molecule has 0 unspecified atom stereocenters. The molecule has 0 aliphatic rings. The Balaban J connectivity index is 0.00000208. The lowest BCUT2D eigenvalue weighted by atomic mass is 9.87. The van der Waals surface area contributed by atoms with Crippen LogP contribution in [-0.2, 0) is 16.3 Å². The third-order valence-electron chi connectivity index (χ3n) is 3.91. The molecule has 0 radical (unpaired) electrons. The van der Waals surface area contributed by atoms with Crippen molar-refractivity contribution in [2.45, 2.75) is 40.9 Å². The first-order valence-corrected chi connectivity index (χ1v) is 9.23. The van der Waals surface area contributed by atoms with Gasteiger partial charge >= 0.3 is 0 Å². The molecule has 0 spiro atoms. The highest BCUT2D eigenvalue weighted by Gasteiger charge is 2.28.